The van der Waals surface area contributed by atoms with E-state index in [2.05, 4.69) is 52.1 Å². The molecule has 4 rings (SSSR count). The van der Waals surface area contributed by atoms with Crippen molar-refractivity contribution in [1.29, 1.82) is 0 Å². The molecule has 0 unspecified atom stereocenters. The Morgan fingerprint density at radius 1 is 0.885 bits per heavy atom. The Morgan fingerprint density at radius 3 is 2.46 bits per heavy atom. The van der Waals surface area contributed by atoms with Crippen LogP contribution in [0.4, 0.5) is 0 Å². The topological polar surface area (TPSA) is 36.3 Å². The summed E-state index contributed by atoms with van der Waals surface area (Å²) in [5.74, 6) is 1.44. The lowest BCUT2D eigenvalue weighted by Gasteiger charge is -2.09. The predicted molar refractivity (Wildman–Crippen MR) is 104 cm³/mol. The van der Waals surface area contributed by atoms with Gasteiger partial charge >= 0.3 is 0 Å². The molecule has 0 spiro atoms. The summed E-state index contributed by atoms with van der Waals surface area (Å²) in [4.78, 5) is 4.61. The minimum absolute atomic E-state index is 0.720. The van der Waals surface area contributed by atoms with Crippen molar-refractivity contribution < 1.29 is 9.47 Å². The number of methoxy groups -OCH3 is 2. The molecule has 0 fully saturated rings. The molecule has 26 heavy (non-hydrogen) atoms. The number of hydrogen-bond acceptors (Lipinski definition) is 3. The third kappa shape index (κ3) is 2.90. The Labute approximate surface area is 152 Å². The molecule has 4 aromatic rings. The van der Waals surface area contributed by atoms with E-state index in [1.807, 2.05) is 30.5 Å². The molecule has 0 bridgehead atoms. The van der Waals surface area contributed by atoms with Gasteiger partial charge in [-0.05, 0) is 35.4 Å². The lowest BCUT2D eigenvalue weighted by Crippen LogP contribution is -1.98. The van der Waals surface area contributed by atoms with Gasteiger partial charge in [0.15, 0.2) is 11.5 Å². The Kier molecular flexibility index (Phi) is 4.32. The minimum atomic E-state index is 0.720. The number of ether oxygens (including phenoxy) is 2. The van der Waals surface area contributed by atoms with Crippen LogP contribution in [-0.2, 0) is 6.54 Å². The van der Waals surface area contributed by atoms with Gasteiger partial charge in [0.05, 0.1) is 14.2 Å². The fourth-order valence-corrected chi connectivity index (χ4v) is 3.26. The van der Waals surface area contributed by atoms with Crippen molar-refractivity contribution in [1.82, 2.24) is 9.55 Å². The quantitative estimate of drug-likeness (QED) is 0.523. The maximum Gasteiger partial charge on any atom is 0.161 e. The van der Waals surface area contributed by atoms with Crippen LogP contribution in [0.3, 0.4) is 0 Å². The molecular weight excluding hydrogens is 324 g/mol. The van der Waals surface area contributed by atoms with Crippen molar-refractivity contribution in [3.8, 4) is 22.6 Å². The number of nitrogens with zero attached hydrogens (tertiary/aromatic N) is 2. The first-order chi connectivity index (χ1) is 12.8. The van der Waals surface area contributed by atoms with E-state index in [-0.39, 0.29) is 0 Å². The normalized spacial score (nSPS) is 10.8. The summed E-state index contributed by atoms with van der Waals surface area (Å²) in [6.07, 6.45) is 3.99. The summed E-state index contributed by atoms with van der Waals surface area (Å²) >= 11 is 0. The maximum atomic E-state index is 5.47. The highest BCUT2D eigenvalue weighted by molar-refractivity contribution is 5.94. The molecule has 0 radical (unpaired) electrons. The van der Waals surface area contributed by atoms with Crippen LogP contribution in [0, 0.1) is 0 Å². The van der Waals surface area contributed by atoms with Crippen LogP contribution in [0.5, 0.6) is 11.5 Å². The molecule has 2 aromatic carbocycles. The number of aromatic nitrogens is 2. The van der Waals surface area contributed by atoms with Crippen LogP contribution in [0.25, 0.3) is 22.2 Å². The molecule has 0 saturated carbocycles. The zero-order valence-electron chi connectivity index (χ0n) is 14.8. The highest BCUT2D eigenvalue weighted by Crippen LogP contribution is 2.36. The van der Waals surface area contributed by atoms with Crippen molar-refractivity contribution in [2.75, 3.05) is 14.2 Å². The summed E-state index contributed by atoms with van der Waals surface area (Å²) in [6.45, 7) is 0.779. The molecule has 0 aliphatic rings. The monoisotopic (exact) mass is 344 g/mol. The number of pyridine rings is 1. The molecule has 0 saturated heterocycles. The fourth-order valence-electron chi connectivity index (χ4n) is 3.26. The number of fused-ring (bicyclic) bond motifs is 1. The molecule has 0 N–H and O–H groups in total. The van der Waals surface area contributed by atoms with E-state index >= 15 is 0 Å². The second-order valence-corrected chi connectivity index (χ2v) is 6.10. The van der Waals surface area contributed by atoms with Crippen molar-refractivity contribution in [2.45, 2.75) is 6.54 Å². The second-order valence-electron chi connectivity index (χ2n) is 6.10. The Bertz CT molecular complexity index is 1040. The number of rotatable bonds is 5. The van der Waals surface area contributed by atoms with Gasteiger partial charge in [-0.25, -0.2) is 4.98 Å². The van der Waals surface area contributed by atoms with Crippen molar-refractivity contribution in [3.63, 3.8) is 0 Å². The third-order valence-electron chi connectivity index (χ3n) is 4.52. The van der Waals surface area contributed by atoms with Gasteiger partial charge in [-0.3, -0.25) is 0 Å². The van der Waals surface area contributed by atoms with Crippen LogP contribution in [0.2, 0.25) is 0 Å². The van der Waals surface area contributed by atoms with Gasteiger partial charge in [0.1, 0.15) is 5.65 Å². The van der Waals surface area contributed by atoms with Crippen molar-refractivity contribution in [2.24, 2.45) is 0 Å². The van der Waals surface area contributed by atoms with E-state index < -0.39 is 0 Å². The Morgan fingerprint density at radius 2 is 1.69 bits per heavy atom. The average molecular weight is 344 g/mol. The van der Waals surface area contributed by atoms with E-state index in [0.29, 0.717) is 0 Å². The molecule has 2 heterocycles. The minimum Gasteiger partial charge on any atom is -0.493 e. The maximum absolute atomic E-state index is 5.47. The average Bonchev–Trinajstić information content (AvgIpc) is 3.07. The van der Waals surface area contributed by atoms with Crippen molar-refractivity contribution in [3.05, 3.63) is 78.6 Å². The molecule has 0 aliphatic heterocycles. The number of hydrogen-bond donors (Lipinski definition) is 0. The van der Waals surface area contributed by atoms with Gasteiger partial charge < -0.3 is 14.0 Å². The standard InChI is InChI=1S/C22H20N2O2/c1-25-20-11-10-17(13-21(20)26-2)19-15-24(14-16-7-4-3-5-8-16)22-18(19)9-6-12-23-22/h3-13,15H,14H2,1-2H3. The largest absolute Gasteiger partial charge is 0.493 e. The molecule has 2 aromatic heterocycles. The Balaban J connectivity index is 1.83. The summed E-state index contributed by atoms with van der Waals surface area (Å²) in [6, 6.07) is 20.5. The van der Waals surface area contributed by atoms with E-state index in [9.17, 15) is 0 Å². The molecular formula is C22H20N2O2. The van der Waals surface area contributed by atoms with Gasteiger partial charge in [0.25, 0.3) is 0 Å². The van der Waals surface area contributed by atoms with Crippen LogP contribution < -0.4 is 9.47 Å². The second kappa shape index (κ2) is 6.92. The molecule has 4 nitrogen and oxygen atoms in total. The lowest BCUT2D eigenvalue weighted by atomic mass is 10.1. The molecule has 0 atom stereocenters. The summed E-state index contributed by atoms with van der Waals surface area (Å²) in [7, 11) is 3.30. The lowest BCUT2D eigenvalue weighted by molar-refractivity contribution is 0.355. The van der Waals surface area contributed by atoms with E-state index in [1.165, 1.54) is 5.56 Å². The van der Waals surface area contributed by atoms with Gasteiger partial charge in [0.2, 0.25) is 0 Å². The molecule has 130 valence electrons. The first-order valence-corrected chi connectivity index (χ1v) is 8.50. The summed E-state index contributed by atoms with van der Waals surface area (Å²) in [5, 5.41) is 1.12. The molecule has 4 heteroatoms. The predicted octanol–water partition coefficient (Wildman–Crippen LogP) is 4.77. The molecule has 0 amide bonds. The van der Waals surface area contributed by atoms with Gasteiger partial charge in [-0.1, -0.05) is 36.4 Å². The van der Waals surface area contributed by atoms with E-state index in [4.69, 9.17) is 9.47 Å². The number of benzene rings is 2. The highest BCUT2D eigenvalue weighted by atomic mass is 16.5. The first kappa shape index (κ1) is 16.2. The van der Waals surface area contributed by atoms with Crippen LogP contribution in [0.1, 0.15) is 5.56 Å². The first-order valence-electron chi connectivity index (χ1n) is 8.50. The van der Waals surface area contributed by atoms with Gasteiger partial charge in [-0.2, -0.15) is 0 Å². The summed E-state index contributed by atoms with van der Waals surface area (Å²) in [5.41, 5.74) is 4.42. The Hall–Kier alpha value is -3.27. The summed E-state index contributed by atoms with van der Waals surface area (Å²) < 4.78 is 13.0. The SMILES string of the molecule is COc1ccc(-c2cn(Cc3ccccc3)c3ncccc23)cc1OC. The van der Waals surface area contributed by atoms with Crippen LogP contribution in [-0.4, -0.2) is 23.8 Å². The fraction of sp³-hybridized carbons (Fsp3) is 0.136. The third-order valence-corrected chi connectivity index (χ3v) is 4.52. The smallest absolute Gasteiger partial charge is 0.161 e. The highest BCUT2D eigenvalue weighted by Gasteiger charge is 2.13. The van der Waals surface area contributed by atoms with Crippen LogP contribution >= 0.6 is 0 Å². The zero-order chi connectivity index (χ0) is 17.9. The van der Waals surface area contributed by atoms with Crippen LogP contribution in [0.15, 0.2) is 73.1 Å². The van der Waals surface area contributed by atoms with Crippen molar-refractivity contribution >= 4 is 11.0 Å². The zero-order valence-corrected chi connectivity index (χ0v) is 14.8. The van der Waals surface area contributed by atoms with Gasteiger partial charge in [-0.15, -0.1) is 0 Å². The van der Waals surface area contributed by atoms with E-state index in [1.54, 1.807) is 14.2 Å². The van der Waals surface area contributed by atoms with E-state index in [0.717, 1.165) is 40.2 Å². The molecule has 0 aliphatic carbocycles. The van der Waals surface area contributed by atoms with Gasteiger partial charge in [0, 0.05) is 29.9 Å².